The number of hydrogen-bond acceptors (Lipinski definition) is 1. The third-order valence-corrected chi connectivity index (χ3v) is 3.18. The van der Waals surface area contributed by atoms with Crippen molar-refractivity contribution in [3.63, 3.8) is 0 Å². The molecule has 2 rings (SSSR count). The van der Waals surface area contributed by atoms with Gasteiger partial charge in [0.15, 0.2) is 0 Å². The molecule has 14 heavy (non-hydrogen) atoms. The average Bonchev–Trinajstić information content (AvgIpc) is 2.12. The fourth-order valence-electron chi connectivity index (χ4n) is 2.00. The van der Waals surface area contributed by atoms with Crippen LogP contribution in [0.15, 0.2) is 30.3 Å². The highest BCUT2D eigenvalue weighted by molar-refractivity contribution is 5.14. The lowest BCUT2D eigenvalue weighted by atomic mass is 9.88. The molecule has 0 N–H and O–H groups in total. The summed E-state index contributed by atoms with van der Waals surface area (Å²) in [4.78, 5) is 2.53. The second kappa shape index (κ2) is 4.14. The second-order valence-corrected chi connectivity index (χ2v) is 4.68. The zero-order valence-corrected chi connectivity index (χ0v) is 9.11. The molecule has 0 atom stereocenters. The van der Waals surface area contributed by atoms with Crippen molar-refractivity contribution < 1.29 is 0 Å². The van der Waals surface area contributed by atoms with Crippen LogP contribution in [0.25, 0.3) is 0 Å². The summed E-state index contributed by atoms with van der Waals surface area (Å²) in [7, 11) is 0. The molecule has 0 bridgehead atoms. The molecule has 1 aromatic rings. The van der Waals surface area contributed by atoms with Crippen molar-refractivity contribution in [2.75, 3.05) is 13.1 Å². The van der Waals surface area contributed by atoms with E-state index in [1.807, 2.05) is 0 Å². The molecule has 1 heteroatoms. The van der Waals surface area contributed by atoms with E-state index in [1.165, 1.54) is 18.7 Å². The Morgan fingerprint density at radius 2 is 1.86 bits per heavy atom. The summed E-state index contributed by atoms with van der Waals surface area (Å²) in [6, 6.07) is 10.7. The number of rotatable bonds is 3. The Morgan fingerprint density at radius 3 is 2.43 bits per heavy atom. The maximum atomic E-state index is 2.53. The summed E-state index contributed by atoms with van der Waals surface area (Å²) >= 11 is 0. The van der Waals surface area contributed by atoms with Crippen molar-refractivity contribution in [1.29, 1.82) is 0 Å². The monoisotopic (exact) mass is 189 g/mol. The van der Waals surface area contributed by atoms with Crippen LogP contribution < -0.4 is 0 Å². The van der Waals surface area contributed by atoms with E-state index in [1.54, 1.807) is 0 Å². The molecule has 1 saturated heterocycles. The molecular formula is C13H19N. The van der Waals surface area contributed by atoms with Crippen LogP contribution in [0.2, 0.25) is 0 Å². The van der Waals surface area contributed by atoms with Gasteiger partial charge in [-0.15, -0.1) is 0 Å². The van der Waals surface area contributed by atoms with Gasteiger partial charge in [-0.25, -0.2) is 0 Å². The lowest BCUT2D eigenvalue weighted by Gasteiger charge is -2.41. The van der Waals surface area contributed by atoms with Crippen LogP contribution in [0.4, 0.5) is 0 Å². The van der Waals surface area contributed by atoms with E-state index in [9.17, 15) is 0 Å². The highest BCUT2D eigenvalue weighted by Crippen LogP contribution is 2.24. The Labute approximate surface area is 86.7 Å². The summed E-state index contributed by atoms with van der Waals surface area (Å²) in [5, 5.41) is 0. The molecule has 0 saturated carbocycles. The minimum Gasteiger partial charge on any atom is -0.298 e. The molecule has 76 valence electrons. The van der Waals surface area contributed by atoms with Gasteiger partial charge < -0.3 is 0 Å². The molecule has 1 aromatic carbocycles. The quantitative estimate of drug-likeness (QED) is 0.706. The van der Waals surface area contributed by atoms with Crippen LogP contribution in [-0.2, 0) is 6.54 Å². The normalized spacial score (nSPS) is 18.5. The maximum Gasteiger partial charge on any atom is 0.0233 e. The predicted octanol–water partition coefficient (Wildman–Crippen LogP) is 2.77. The fourth-order valence-corrected chi connectivity index (χ4v) is 2.00. The van der Waals surface area contributed by atoms with Crippen molar-refractivity contribution in [3.8, 4) is 0 Å². The number of nitrogens with zero attached hydrogens (tertiary/aromatic N) is 1. The van der Waals surface area contributed by atoms with E-state index in [-0.39, 0.29) is 0 Å². The van der Waals surface area contributed by atoms with Gasteiger partial charge in [0.25, 0.3) is 0 Å². The van der Waals surface area contributed by atoms with E-state index in [4.69, 9.17) is 0 Å². The Morgan fingerprint density at radius 1 is 1.21 bits per heavy atom. The van der Waals surface area contributed by atoms with Crippen molar-refractivity contribution in [3.05, 3.63) is 35.9 Å². The molecule has 1 fully saturated rings. The van der Waals surface area contributed by atoms with Gasteiger partial charge in [-0.3, -0.25) is 4.90 Å². The maximum absolute atomic E-state index is 2.53. The summed E-state index contributed by atoms with van der Waals surface area (Å²) in [6.45, 7) is 8.35. The number of hydrogen-bond donors (Lipinski definition) is 0. The molecule has 0 spiro atoms. The topological polar surface area (TPSA) is 3.24 Å². The van der Waals surface area contributed by atoms with Crippen molar-refractivity contribution in [1.82, 2.24) is 4.90 Å². The van der Waals surface area contributed by atoms with Crippen LogP contribution in [0.3, 0.4) is 0 Å². The van der Waals surface area contributed by atoms with Gasteiger partial charge in [-0.2, -0.15) is 0 Å². The first-order chi connectivity index (χ1) is 6.75. The van der Waals surface area contributed by atoms with Crippen LogP contribution in [0.1, 0.15) is 19.4 Å². The van der Waals surface area contributed by atoms with Crippen molar-refractivity contribution >= 4 is 0 Å². The number of likely N-dealkylation sites (tertiary alicyclic amines) is 1. The molecule has 1 heterocycles. The highest BCUT2D eigenvalue weighted by Gasteiger charge is 2.28. The summed E-state index contributed by atoms with van der Waals surface area (Å²) in [5.41, 5.74) is 1.44. The van der Waals surface area contributed by atoms with Crippen LogP contribution in [-0.4, -0.2) is 18.0 Å². The second-order valence-electron chi connectivity index (χ2n) is 4.68. The highest BCUT2D eigenvalue weighted by atomic mass is 15.2. The van der Waals surface area contributed by atoms with Gasteiger partial charge in [0.05, 0.1) is 0 Å². The summed E-state index contributed by atoms with van der Waals surface area (Å²) in [6.07, 6.45) is 0. The standard InChI is InChI=1S/C13H19N/c1-11(2)13-9-14(10-13)8-12-6-4-3-5-7-12/h3-7,11,13H,8-10H2,1-2H3. The molecular weight excluding hydrogens is 170 g/mol. The summed E-state index contributed by atoms with van der Waals surface area (Å²) < 4.78 is 0. The van der Waals surface area contributed by atoms with E-state index in [2.05, 4.69) is 49.1 Å². The third kappa shape index (κ3) is 2.16. The van der Waals surface area contributed by atoms with Crippen LogP contribution in [0, 0.1) is 11.8 Å². The smallest absolute Gasteiger partial charge is 0.0233 e. The van der Waals surface area contributed by atoms with Crippen LogP contribution in [0.5, 0.6) is 0 Å². The Balaban J connectivity index is 1.80. The van der Waals surface area contributed by atoms with Gasteiger partial charge >= 0.3 is 0 Å². The van der Waals surface area contributed by atoms with Gasteiger partial charge in [-0.05, 0) is 17.4 Å². The SMILES string of the molecule is CC(C)C1CN(Cc2ccccc2)C1. The summed E-state index contributed by atoms with van der Waals surface area (Å²) in [5.74, 6) is 1.78. The van der Waals surface area contributed by atoms with Crippen LogP contribution >= 0.6 is 0 Å². The molecule has 1 aliphatic heterocycles. The van der Waals surface area contributed by atoms with Gasteiger partial charge in [0.1, 0.15) is 0 Å². The van der Waals surface area contributed by atoms with Crippen molar-refractivity contribution in [2.24, 2.45) is 11.8 Å². The molecule has 0 aliphatic carbocycles. The van der Waals surface area contributed by atoms with Crippen molar-refractivity contribution in [2.45, 2.75) is 20.4 Å². The van der Waals surface area contributed by atoms with E-state index in [0.29, 0.717) is 0 Å². The minimum absolute atomic E-state index is 0.849. The molecule has 0 aromatic heterocycles. The average molecular weight is 189 g/mol. The first-order valence-corrected chi connectivity index (χ1v) is 5.52. The number of benzene rings is 1. The fraction of sp³-hybridized carbons (Fsp3) is 0.538. The molecule has 1 nitrogen and oxygen atoms in total. The predicted molar refractivity (Wildman–Crippen MR) is 60.0 cm³/mol. The zero-order chi connectivity index (χ0) is 9.97. The molecule has 1 aliphatic rings. The van der Waals surface area contributed by atoms with Gasteiger partial charge in [0, 0.05) is 19.6 Å². The van der Waals surface area contributed by atoms with Gasteiger partial charge in [0.2, 0.25) is 0 Å². The largest absolute Gasteiger partial charge is 0.298 e. The zero-order valence-electron chi connectivity index (χ0n) is 9.11. The Kier molecular flexibility index (Phi) is 2.87. The molecule has 0 radical (unpaired) electrons. The Hall–Kier alpha value is -0.820. The lowest BCUT2D eigenvalue weighted by molar-refractivity contribution is 0.0614. The molecule has 0 amide bonds. The van der Waals surface area contributed by atoms with Gasteiger partial charge in [-0.1, -0.05) is 44.2 Å². The first kappa shape index (κ1) is 9.72. The lowest BCUT2D eigenvalue weighted by Crippen LogP contribution is -2.48. The van der Waals surface area contributed by atoms with E-state index >= 15 is 0 Å². The van der Waals surface area contributed by atoms with E-state index < -0.39 is 0 Å². The third-order valence-electron chi connectivity index (χ3n) is 3.18. The molecule has 0 unspecified atom stereocenters. The van der Waals surface area contributed by atoms with E-state index in [0.717, 1.165) is 18.4 Å². The first-order valence-electron chi connectivity index (χ1n) is 5.52. The minimum atomic E-state index is 0.849. The Bertz CT molecular complexity index is 273.